The largest absolute Gasteiger partial charge is 0.477 e. The summed E-state index contributed by atoms with van der Waals surface area (Å²) in [5, 5.41) is 12.5. The zero-order chi connectivity index (χ0) is 16.2. The maximum absolute atomic E-state index is 12.1. The Morgan fingerprint density at radius 2 is 1.70 bits per heavy atom. The summed E-state index contributed by atoms with van der Waals surface area (Å²) < 4.78 is 5.37. The van der Waals surface area contributed by atoms with E-state index in [0.717, 1.165) is 5.39 Å². The van der Waals surface area contributed by atoms with E-state index in [-0.39, 0.29) is 5.70 Å². The zero-order valence-corrected chi connectivity index (χ0v) is 12.0. The van der Waals surface area contributed by atoms with Gasteiger partial charge in [-0.05, 0) is 24.3 Å². The van der Waals surface area contributed by atoms with Crippen LogP contribution >= 0.6 is 0 Å². The summed E-state index contributed by atoms with van der Waals surface area (Å²) in [5.74, 6) is -1.70. The van der Waals surface area contributed by atoms with Crippen molar-refractivity contribution in [2.24, 2.45) is 0 Å². The highest BCUT2D eigenvalue weighted by atomic mass is 16.4. The SMILES string of the molecule is O=C(O)/C(=C/c1coc2ccccc12)NC(=O)c1ccccc1. The van der Waals surface area contributed by atoms with Gasteiger partial charge in [0.15, 0.2) is 0 Å². The Kier molecular flexibility index (Phi) is 3.93. The molecule has 5 nitrogen and oxygen atoms in total. The van der Waals surface area contributed by atoms with Crippen molar-refractivity contribution in [3.8, 4) is 0 Å². The maximum atomic E-state index is 12.1. The predicted octanol–water partition coefficient (Wildman–Crippen LogP) is 3.29. The van der Waals surface area contributed by atoms with Crippen molar-refractivity contribution >= 4 is 28.9 Å². The van der Waals surface area contributed by atoms with Gasteiger partial charge in [-0.25, -0.2) is 4.79 Å². The molecule has 0 fully saturated rings. The first-order chi connectivity index (χ1) is 11.1. The Bertz CT molecular complexity index is 894. The molecule has 2 N–H and O–H groups in total. The molecule has 0 atom stereocenters. The number of furan rings is 1. The van der Waals surface area contributed by atoms with Crippen LogP contribution in [0.2, 0.25) is 0 Å². The molecule has 3 aromatic rings. The number of para-hydroxylation sites is 1. The molecule has 0 aliphatic heterocycles. The van der Waals surface area contributed by atoms with E-state index in [1.54, 1.807) is 36.4 Å². The molecule has 1 heterocycles. The van der Waals surface area contributed by atoms with Crippen molar-refractivity contribution in [2.75, 3.05) is 0 Å². The van der Waals surface area contributed by atoms with Gasteiger partial charge in [0.1, 0.15) is 11.3 Å². The van der Waals surface area contributed by atoms with Crippen molar-refractivity contribution in [3.05, 3.63) is 77.7 Å². The average Bonchev–Trinajstić information content (AvgIpc) is 2.98. The van der Waals surface area contributed by atoms with Crippen LogP contribution in [0.5, 0.6) is 0 Å². The molecule has 5 heteroatoms. The van der Waals surface area contributed by atoms with Crippen molar-refractivity contribution in [3.63, 3.8) is 0 Å². The van der Waals surface area contributed by atoms with Crippen LogP contribution in [0.25, 0.3) is 17.0 Å². The van der Waals surface area contributed by atoms with Crippen LogP contribution < -0.4 is 5.32 Å². The quantitative estimate of drug-likeness (QED) is 0.725. The summed E-state index contributed by atoms with van der Waals surface area (Å²) in [6.45, 7) is 0. The van der Waals surface area contributed by atoms with Crippen LogP contribution in [0.4, 0.5) is 0 Å². The van der Waals surface area contributed by atoms with E-state index in [1.807, 2.05) is 18.2 Å². The molecule has 0 radical (unpaired) electrons. The normalized spacial score (nSPS) is 11.4. The van der Waals surface area contributed by atoms with E-state index in [1.165, 1.54) is 12.3 Å². The first kappa shape index (κ1) is 14.6. The maximum Gasteiger partial charge on any atom is 0.352 e. The monoisotopic (exact) mass is 307 g/mol. The molecule has 0 spiro atoms. The Hall–Kier alpha value is -3.34. The topological polar surface area (TPSA) is 79.5 Å². The molecule has 114 valence electrons. The Morgan fingerprint density at radius 1 is 1.00 bits per heavy atom. The number of hydrogen-bond donors (Lipinski definition) is 2. The van der Waals surface area contributed by atoms with Gasteiger partial charge in [0.25, 0.3) is 5.91 Å². The number of carboxylic acids is 1. The van der Waals surface area contributed by atoms with Crippen LogP contribution in [0.15, 0.2) is 71.0 Å². The highest BCUT2D eigenvalue weighted by molar-refractivity contribution is 6.03. The Morgan fingerprint density at radius 3 is 2.43 bits per heavy atom. The van der Waals surface area contributed by atoms with Gasteiger partial charge < -0.3 is 14.8 Å². The summed E-state index contributed by atoms with van der Waals surface area (Å²) in [4.78, 5) is 23.5. The lowest BCUT2D eigenvalue weighted by Crippen LogP contribution is -2.27. The van der Waals surface area contributed by atoms with E-state index in [4.69, 9.17) is 4.42 Å². The number of benzene rings is 2. The summed E-state index contributed by atoms with van der Waals surface area (Å²) in [6.07, 6.45) is 2.84. The van der Waals surface area contributed by atoms with Crippen molar-refractivity contribution in [2.45, 2.75) is 0 Å². The minimum absolute atomic E-state index is 0.217. The van der Waals surface area contributed by atoms with Crippen molar-refractivity contribution < 1.29 is 19.1 Å². The molecule has 0 aliphatic carbocycles. The standard InChI is InChI=1S/C18H13NO4/c20-17(12-6-2-1-3-7-12)19-15(18(21)22)10-13-11-23-16-9-5-4-8-14(13)16/h1-11H,(H,19,20)(H,21,22)/b15-10-. The summed E-state index contributed by atoms with van der Waals surface area (Å²) in [7, 11) is 0. The molecule has 1 aromatic heterocycles. The van der Waals surface area contributed by atoms with Crippen LogP contribution in [0.1, 0.15) is 15.9 Å². The Labute approximate surface area is 131 Å². The number of carbonyl (C=O) groups excluding carboxylic acids is 1. The summed E-state index contributed by atoms with van der Waals surface area (Å²) >= 11 is 0. The van der Waals surface area contributed by atoms with Gasteiger partial charge in [-0.15, -0.1) is 0 Å². The van der Waals surface area contributed by atoms with Gasteiger partial charge in [0.2, 0.25) is 0 Å². The minimum atomic E-state index is -1.22. The van der Waals surface area contributed by atoms with Crippen LogP contribution in [-0.2, 0) is 4.79 Å². The molecule has 0 saturated carbocycles. The molecule has 2 aromatic carbocycles. The highest BCUT2D eigenvalue weighted by Gasteiger charge is 2.14. The number of amides is 1. The van der Waals surface area contributed by atoms with Crippen LogP contribution in [0, 0.1) is 0 Å². The molecule has 1 amide bonds. The lowest BCUT2D eigenvalue weighted by atomic mass is 10.1. The second-order valence-corrected chi connectivity index (χ2v) is 4.87. The number of nitrogens with one attached hydrogen (secondary N) is 1. The fourth-order valence-electron chi connectivity index (χ4n) is 2.20. The number of carbonyl (C=O) groups is 2. The lowest BCUT2D eigenvalue weighted by Gasteiger charge is -2.05. The van der Waals surface area contributed by atoms with E-state index >= 15 is 0 Å². The van der Waals surface area contributed by atoms with Gasteiger partial charge in [0.05, 0.1) is 6.26 Å². The van der Waals surface area contributed by atoms with Crippen LogP contribution in [-0.4, -0.2) is 17.0 Å². The second-order valence-electron chi connectivity index (χ2n) is 4.87. The van der Waals surface area contributed by atoms with Gasteiger partial charge in [0, 0.05) is 16.5 Å². The van der Waals surface area contributed by atoms with Crippen molar-refractivity contribution in [1.82, 2.24) is 5.32 Å². The van der Waals surface area contributed by atoms with Gasteiger partial charge in [-0.2, -0.15) is 0 Å². The molecule has 0 aliphatic rings. The lowest BCUT2D eigenvalue weighted by molar-refractivity contribution is -0.132. The van der Waals surface area contributed by atoms with Gasteiger partial charge in [-0.1, -0.05) is 36.4 Å². The first-order valence-electron chi connectivity index (χ1n) is 6.93. The number of fused-ring (bicyclic) bond motifs is 1. The number of carboxylic acid groups (broad SMARTS) is 1. The fraction of sp³-hybridized carbons (Fsp3) is 0. The molecule has 23 heavy (non-hydrogen) atoms. The summed E-state index contributed by atoms with van der Waals surface area (Å²) in [5.41, 5.74) is 1.41. The fourth-order valence-corrected chi connectivity index (χ4v) is 2.20. The van der Waals surface area contributed by atoms with Gasteiger partial charge in [-0.3, -0.25) is 4.79 Å². The molecule has 0 unspecified atom stereocenters. The van der Waals surface area contributed by atoms with Crippen molar-refractivity contribution in [1.29, 1.82) is 0 Å². The molecular weight excluding hydrogens is 294 g/mol. The van der Waals surface area contributed by atoms with E-state index in [9.17, 15) is 14.7 Å². The average molecular weight is 307 g/mol. The predicted molar refractivity (Wildman–Crippen MR) is 85.7 cm³/mol. The van der Waals surface area contributed by atoms with E-state index < -0.39 is 11.9 Å². The number of aliphatic carboxylic acids is 1. The van der Waals surface area contributed by atoms with E-state index in [0.29, 0.717) is 16.7 Å². The zero-order valence-electron chi connectivity index (χ0n) is 12.0. The second kappa shape index (κ2) is 6.19. The third-order valence-corrected chi connectivity index (χ3v) is 3.33. The van der Waals surface area contributed by atoms with E-state index in [2.05, 4.69) is 5.32 Å². The summed E-state index contributed by atoms with van der Waals surface area (Å²) in [6, 6.07) is 15.7. The third-order valence-electron chi connectivity index (χ3n) is 3.33. The molecular formula is C18H13NO4. The number of hydrogen-bond acceptors (Lipinski definition) is 3. The molecule has 0 saturated heterocycles. The van der Waals surface area contributed by atoms with Gasteiger partial charge >= 0.3 is 5.97 Å². The Balaban J connectivity index is 1.93. The first-order valence-corrected chi connectivity index (χ1v) is 6.93. The highest BCUT2D eigenvalue weighted by Crippen LogP contribution is 2.22. The molecule has 0 bridgehead atoms. The smallest absolute Gasteiger partial charge is 0.352 e. The minimum Gasteiger partial charge on any atom is -0.477 e. The van der Waals surface area contributed by atoms with Crippen LogP contribution in [0.3, 0.4) is 0 Å². The molecule has 3 rings (SSSR count). The third kappa shape index (κ3) is 3.13. The number of rotatable bonds is 4.